The predicted octanol–water partition coefficient (Wildman–Crippen LogP) is 4.54. The van der Waals surface area contributed by atoms with E-state index in [1.165, 1.54) is 16.5 Å². The number of aromatic nitrogens is 4. The van der Waals surface area contributed by atoms with E-state index >= 15 is 0 Å². The van der Waals surface area contributed by atoms with Crippen molar-refractivity contribution in [3.63, 3.8) is 0 Å². The third-order valence-electron chi connectivity index (χ3n) is 6.32. The van der Waals surface area contributed by atoms with E-state index in [0.717, 1.165) is 35.6 Å². The molecule has 6 nitrogen and oxygen atoms in total. The van der Waals surface area contributed by atoms with E-state index in [2.05, 4.69) is 68.4 Å². The van der Waals surface area contributed by atoms with Crippen molar-refractivity contribution in [2.24, 2.45) is 0 Å². The number of para-hydroxylation sites is 1. The molecule has 0 atom stereocenters. The molecule has 2 N–H and O–H groups in total. The number of rotatable bonds is 4. The second kappa shape index (κ2) is 8.15. The smallest absolute Gasteiger partial charge is 0.254 e. The molecule has 33 heavy (non-hydrogen) atoms. The average molecular weight is 434 g/mol. The maximum Gasteiger partial charge on any atom is 0.254 e. The van der Waals surface area contributed by atoms with E-state index in [1.54, 1.807) is 6.20 Å². The van der Waals surface area contributed by atoms with Gasteiger partial charge in [0.05, 0.1) is 11.4 Å². The first-order valence-electron chi connectivity index (χ1n) is 11.2. The summed E-state index contributed by atoms with van der Waals surface area (Å²) in [6.45, 7) is 2.22. The molecule has 0 fully saturated rings. The summed E-state index contributed by atoms with van der Waals surface area (Å²) >= 11 is 0. The molecule has 0 radical (unpaired) electrons. The maximum atomic E-state index is 12.7. The van der Waals surface area contributed by atoms with E-state index in [4.69, 9.17) is 4.98 Å². The van der Waals surface area contributed by atoms with Crippen LogP contribution < -0.4 is 5.56 Å². The molecule has 0 saturated heterocycles. The van der Waals surface area contributed by atoms with Crippen LogP contribution in [0.5, 0.6) is 0 Å². The van der Waals surface area contributed by atoms with Crippen LogP contribution in [0.15, 0.2) is 83.8 Å². The Balaban J connectivity index is 1.37. The van der Waals surface area contributed by atoms with Crippen molar-refractivity contribution >= 4 is 10.9 Å². The zero-order valence-corrected chi connectivity index (χ0v) is 18.1. The van der Waals surface area contributed by atoms with Gasteiger partial charge in [-0.2, -0.15) is 0 Å². The fourth-order valence-electron chi connectivity index (χ4n) is 4.69. The van der Waals surface area contributed by atoms with Gasteiger partial charge in [0.15, 0.2) is 5.82 Å². The van der Waals surface area contributed by atoms with Gasteiger partial charge in [-0.25, -0.2) is 4.98 Å². The zero-order valence-electron chi connectivity index (χ0n) is 18.1. The van der Waals surface area contributed by atoms with Crippen LogP contribution in [-0.2, 0) is 19.5 Å². The van der Waals surface area contributed by atoms with Gasteiger partial charge in [0.1, 0.15) is 5.69 Å². The third-order valence-corrected chi connectivity index (χ3v) is 6.32. The maximum absolute atomic E-state index is 12.7. The van der Waals surface area contributed by atoms with Gasteiger partial charge in [-0.3, -0.25) is 14.7 Å². The second-order valence-corrected chi connectivity index (χ2v) is 8.41. The van der Waals surface area contributed by atoms with E-state index in [-0.39, 0.29) is 5.56 Å². The van der Waals surface area contributed by atoms with Crippen molar-refractivity contribution in [1.29, 1.82) is 0 Å². The Morgan fingerprint density at radius 1 is 0.909 bits per heavy atom. The lowest BCUT2D eigenvalue weighted by Crippen LogP contribution is -2.35. The van der Waals surface area contributed by atoms with Crippen LogP contribution in [0, 0.1) is 0 Å². The molecular formula is C27H23N5O. The highest BCUT2D eigenvalue weighted by Gasteiger charge is 2.24. The van der Waals surface area contributed by atoms with Gasteiger partial charge >= 0.3 is 0 Å². The summed E-state index contributed by atoms with van der Waals surface area (Å²) in [7, 11) is 0. The number of pyridine rings is 1. The molecule has 0 saturated carbocycles. The Morgan fingerprint density at radius 2 is 1.73 bits per heavy atom. The number of aromatic amines is 2. The van der Waals surface area contributed by atoms with Crippen LogP contribution in [-0.4, -0.2) is 31.4 Å². The van der Waals surface area contributed by atoms with Gasteiger partial charge in [0, 0.05) is 42.3 Å². The van der Waals surface area contributed by atoms with Crippen molar-refractivity contribution in [3.8, 4) is 22.8 Å². The van der Waals surface area contributed by atoms with Crippen LogP contribution in [0.1, 0.15) is 16.8 Å². The van der Waals surface area contributed by atoms with E-state index < -0.39 is 0 Å². The lowest BCUT2D eigenvalue weighted by molar-refractivity contribution is 0.242. The molecule has 4 heterocycles. The first-order chi connectivity index (χ1) is 16.3. The van der Waals surface area contributed by atoms with Gasteiger partial charge in [-0.05, 0) is 35.7 Å². The number of benzene rings is 2. The summed E-state index contributed by atoms with van der Waals surface area (Å²) in [6.07, 6.45) is 2.40. The predicted molar refractivity (Wildman–Crippen MR) is 130 cm³/mol. The van der Waals surface area contributed by atoms with Crippen molar-refractivity contribution in [1.82, 2.24) is 24.8 Å². The highest BCUT2D eigenvalue weighted by molar-refractivity contribution is 5.90. The lowest BCUT2D eigenvalue weighted by Gasteiger charge is -2.28. The molecule has 3 aromatic heterocycles. The highest BCUT2D eigenvalue weighted by atomic mass is 16.1. The summed E-state index contributed by atoms with van der Waals surface area (Å²) in [6, 6.07) is 24.5. The molecule has 1 aliphatic heterocycles. The molecule has 5 aromatic rings. The normalized spacial score (nSPS) is 13.8. The van der Waals surface area contributed by atoms with Crippen molar-refractivity contribution in [2.75, 3.05) is 6.54 Å². The fraction of sp³-hybridized carbons (Fsp3) is 0.148. The van der Waals surface area contributed by atoms with Crippen LogP contribution in [0.2, 0.25) is 0 Å². The summed E-state index contributed by atoms with van der Waals surface area (Å²) in [4.78, 5) is 30.8. The van der Waals surface area contributed by atoms with E-state index in [0.29, 0.717) is 24.5 Å². The molecule has 2 aromatic carbocycles. The van der Waals surface area contributed by atoms with Crippen molar-refractivity contribution in [2.45, 2.75) is 19.5 Å². The zero-order chi connectivity index (χ0) is 22.2. The first kappa shape index (κ1) is 19.6. The second-order valence-electron chi connectivity index (χ2n) is 8.41. The minimum atomic E-state index is -0.0580. The Labute approximate surface area is 191 Å². The Kier molecular flexibility index (Phi) is 4.85. The Bertz CT molecular complexity index is 1490. The number of nitrogens with zero attached hydrogens (tertiary/aromatic N) is 3. The van der Waals surface area contributed by atoms with Crippen molar-refractivity contribution in [3.05, 3.63) is 106 Å². The molecular weight excluding hydrogens is 410 g/mol. The van der Waals surface area contributed by atoms with Crippen LogP contribution in [0.4, 0.5) is 0 Å². The average Bonchev–Trinajstić information content (AvgIpc) is 3.23. The monoisotopic (exact) mass is 433 g/mol. The van der Waals surface area contributed by atoms with Gasteiger partial charge in [0.2, 0.25) is 0 Å². The van der Waals surface area contributed by atoms with E-state index in [1.807, 2.05) is 24.3 Å². The van der Waals surface area contributed by atoms with Gasteiger partial charge in [-0.1, -0.05) is 54.6 Å². The van der Waals surface area contributed by atoms with E-state index in [9.17, 15) is 4.79 Å². The minimum absolute atomic E-state index is 0.0580. The topological polar surface area (TPSA) is 77.7 Å². The fourth-order valence-corrected chi connectivity index (χ4v) is 4.69. The molecule has 0 bridgehead atoms. The number of hydrogen-bond acceptors (Lipinski definition) is 4. The van der Waals surface area contributed by atoms with Crippen LogP contribution in [0.3, 0.4) is 0 Å². The standard InChI is InChI=1S/C27H23N5O/c33-27-20-13-15-32(17-24(20)30-26(31-27)23-12-6-7-14-28-23)16-21-19-10-4-5-11-22(19)29-25(21)18-8-2-1-3-9-18/h1-12,14,29H,13,15-17H2,(H,30,31,33). The lowest BCUT2D eigenvalue weighted by atomic mass is 10.0. The van der Waals surface area contributed by atoms with Crippen LogP contribution >= 0.6 is 0 Å². The summed E-state index contributed by atoms with van der Waals surface area (Å²) in [5.41, 5.74) is 6.98. The largest absolute Gasteiger partial charge is 0.354 e. The molecule has 1 aliphatic rings. The highest BCUT2D eigenvalue weighted by Crippen LogP contribution is 2.32. The number of H-pyrrole nitrogens is 2. The van der Waals surface area contributed by atoms with Gasteiger partial charge in [0.25, 0.3) is 5.56 Å². The molecule has 6 heteroatoms. The molecule has 0 aliphatic carbocycles. The number of fused-ring (bicyclic) bond motifs is 2. The number of hydrogen-bond donors (Lipinski definition) is 2. The molecule has 0 amide bonds. The Morgan fingerprint density at radius 3 is 2.58 bits per heavy atom. The quantitative estimate of drug-likeness (QED) is 0.436. The molecule has 162 valence electrons. The summed E-state index contributed by atoms with van der Waals surface area (Å²) in [5, 5.41) is 1.23. The third kappa shape index (κ3) is 3.64. The first-order valence-corrected chi connectivity index (χ1v) is 11.2. The Hall–Kier alpha value is -4.03. The van der Waals surface area contributed by atoms with Gasteiger partial charge in [-0.15, -0.1) is 0 Å². The molecule has 6 rings (SSSR count). The number of nitrogens with one attached hydrogen (secondary N) is 2. The van der Waals surface area contributed by atoms with Crippen LogP contribution in [0.25, 0.3) is 33.7 Å². The summed E-state index contributed by atoms with van der Waals surface area (Å²) in [5.74, 6) is 0.526. The molecule has 0 unspecified atom stereocenters. The van der Waals surface area contributed by atoms with Crippen molar-refractivity contribution < 1.29 is 0 Å². The SMILES string of the molecule is O=c1[nH]c(-c2ccccn2)nc2c1CCN(Cc1c(-c3ccccc3)[nH]c3ccccc13)C2. The minimum Gasteiger partial charge on any atom is -0.354 e. The summed E-state index contributed by atoms with van der Waals surface area (Å²) < 4.78 is 0. The van der Waals surface area contributed by atoms with Gasteiger partial charge < -0.3 is 9.97 Å². The molecule has 0 spiro atoms.